The SMILES string of the molecule is Cc1ncc(C(=O)N(C)Cc2ccccc2N)s1. The molecular formula is C13H15N3OS. The van der Waals surface area contributed by atoms with Crippen molar-refractivity contribution in [2.45, 2.75) is 13.5 Å². The topological polar surface area (TPSA) is 59.2 Å². The molecule has 0 bridgehead atoms. The van der Waals surface area contributed by atoms with E-state index in [0.29, 0.717) is 17.1 Å². The Hall–Kier alpha value is -1.88. The smallest absolute Gasteiger partial charge is 0.265 e. The Morgan fingerprint density at radius 3 is 2.78 bits per heavy atom. The van der Waals surface area contributed by atoms with Crippen LogP contribution in [0.25, 0.3) is 0 Å². The highest BCUT2D eigenvalue weighted by molar-refractivity contribution is 7.13. The lowest BCUT2D eigenvalue weighted by Crippen LogP contribution is -2.25. The first kappa shape index (κ1) is 12.6. The van der Waals surface area contributed by atoms with Crippen molar-refractivity contribution in [1.29, 1.82) is 0 Å². The molecule has 2 rings (SSSR count). The summed E-state index contributed by atoms with van der Waals surface area (Å²) in [4.78, 5) is 18.5. The minimum atomic E-state index is -0.0242. The molecule has 1 aromatic heterocycles. The van der Waals surface area contributed by atoms with Gasteiger partial charge in [0.2, 0.25) is 0 Å². The van der Waals surface area contributed by atoms with E-state index in [-0.39, 0.29) is 5.91 Å². The maximum Gasteiger partial charge on any atom is 0.265 e. The number of hydrogen-bond donors (Lipinski definition) is 1. The predicted octanol–water partition coefficient (Wildman–Crippen LogP) is 2.31. The first-order valence-corrected chi connectivity index (χ1v) is 6.41. The largest absolute Gasteiger partial charge is 0.398 e. The van der Waals surface area contributed by atoms with Gasteiger partial charge in [0.05, 0.1) is 11.2 Å². The zero-order chi connectivity index (χ0) is 13.1. The highest BCUT2D eigenvalue weighted by Crippen LogP contribution is 2.17. The summed E-state index contributed by atoms with van der Waals surface area (Å²) in [5, 5.41) is 0.894. The van der Waals surface area contributed by atoms with Gasteiger partial charge in [0, 0.05) is 19.3 Å². The third-order valence-electron chi connectivity index (χ3n) is 2.64. The molecule has 0 saturated heterocycles. The van der Waals surface area contributed by atoms with E-state index in [9.17, 15) is 4.79 Å². The third kappa shape index (κ3) is 2.68. The number of carbonyl (C=O) groups is 1. The van der Waals surface area contributed by atoms with Crippen LogP contribution in [0.4, 0.5) is 5.69 Å². The van der Waals surface area contributed by atoms with Crippen LogP contribution in [0, 0.1) is 6.92 Å². The van der Waals surface area contributed by atoms with E-state index >= 15 is 0 Å². The summed E-state index contributed by atoms with van der Waals surface area (Å²) in [7, 11) is 1.77. The van der Waals surface area contributed by atoms with Gasteiger partial charge in [0.25, 0.3) is 5.91 Å². The average Bonchev–Trinajstić information content (AvgIpc) is 2.78. The second-order valence-corrected chi connectivity index (χ2v) is 5.34. The molecule has 0 aliphatic heterocycles. The molecule has 0 saturated carbocycles. The van der Waals surface area contributed by atoms with Crippen LogP contribution in [0.2, 0.25) is 0 Å². The molecule has 4 nitrogen and oxygen atoms in total. The Morgan fingerprint density at radius 1 is 1.44 bits per heavy atom. The van der Waals surface area contributed by atoms with Crippen molar-refractivity contribution in [3.05, 3.63) is 45.9 Å². The van der Waals surface area contributed by atoms with Crippen molar-refractivity contribution < 1.29 is 4.79 Å². The number of benzene rings is 1. The van der Waals surface area contributed by atoms with Gasteiger partial charge in [-0.15, -0.1) is 11.3 Å². The van der Waals surface area contributed by atoms with Crippen molar-refractivity contribution in [2.75, 3.05) is 12.8 Å². The number of aromatic nitrogens is 1. The zero-order valence-electron chi connectivity index (χ0n) is 10.4. The summed E-state index contributed by atoms with van der Waals surface area (Å²) in [5.41, 5.74) is 7.52. The fourth-order valence-corrected chi connectivity index (χ4v) is 2.43. The quantitative estimate of drug-likeness (QED) is 0.862. The molecule has 1 amide bonds. The summed E-state index contributed by atoms with van der Waals surface area (Å²) in [5.74, 6) is -0.0242. The lowest BCUT2D eigenvalue weighted by atomic mass is 10.1. The summed E-state index contributed by atoms with van der Waals surface area (Å²) >= 11 is 1.41. The number of para-hydroxylation sites is 1. The number of anilines is 1. The van der Waals surface area contributed by atoms with E-state index in [0.717, 1.165) is 10.6 Å². The first-order chi connectivity index (χ1) is 8.58. The Morgan fingerprint density at radius 2 is 2.17 bits per heavy atom. The normalized spacial score (nSPS) is 10.3. The Kier molecular flexibility index (Phi) is 3.62. The summed E-state index contributed by atoms with van der Waals surface area (Å²) < 4.78 is 0. The Balaban J connectivity index is 2.11. The highest BCUT2D eigenvalue weighted by Gasteiger charge is 2.15. The minimum Gasteiger partial charge on any atom is -0.398 e. The number of nitrogens with two attached hydrogens (primary N) is 1. The molecule has 0 aliphatic rings. The molecule has 0 fully saturated rings. The van der Waals surface area contributed by atoms with Crippen LogP contribution >= 0.6 is 11.3 Å². The standard InChI is InChI=1S/C13H15N3OS/c1-9-15-7-12(18-9)13(17)16(2)8-10-5-3-4-6-11(10)14/h3-7H,8,14H2,1-2H3. The van der Waals surface area contributed by atoms with E-state index in [4.69, 9.17) is 5.73 Å². The van der Waals surface area contributed by atoms with Crippen LogP contribution in [0.3, 0.4) is 0 Å². The molecule has 0 aliphatic carbocycles. The number of aryl methyl sites for hydroxylation is 1. The number of nitrogen functional groups attached to an aromatic ring is 1. The molecule has 0 radical (unpaired) electrons. The Labute approximate surface area is 110 Å². The van der Waals surface area contributed by atoms with Gasteiger partial charge >= 0.3 is 0 Å². The number of nitrogens with zero attached hydrogens (tertiary/aromatic N) is 2. The molecule has 2 N–H and O–H groups in total. The maximum absolute atomic E-state index is 12.1. The lowest BCUT2D eigenvalue weighted by molar-refractivity contribution is 0.0790. The molecule has 1 aromatic carbocycles. The second kappa shape index (κ2) is 5.18. The van der Waals surface area contributed by atoms with E-state index in [1.807, 2.05) is 31.2 Å². The number of rotatable bonds is 3. The molecule has 18 heavy (non-hydrogen) atoms. The monoisotopic (exact) mass is 261 g/mol. The molecule has 0 spiro atoms. The van der Waals surface area contributed by atoms with Crippen molar-refractivity contribution >= 4 is 22.9 Å². The summed E-state index contributed by atoms with van der Waals surface area (Å²) in [6.07, 6.45) is 1.62. The minimum absolute atomic E-state index is 0.0242. The van der Waals surface area contributed by atoms with E-state index < -0.39 is 0 Å². The zero-order valence-corrected chi connectivity index (χ0v) is 11.2. The molecule has 94 valence electrons. The van der Waals surface area contributed by atoms with Crippen LogP contribution in [-0.4, -0.2) is 22.8 Å². The van der Waals surface area contributed by atoms with E-state index in [2.05, 4.69) is 4.98 Å². The van der Waals surface area contributed by atoms with Gasteiger partial charge in [0.1, 0.15) is 4.88 Å². The average molecular weight is 261 g/mol. The van der Waals surface area contributed by atoms with Crippen LogP contribution in [0.1, 0.15) is 20.2 Å². The van der Waals surface area contributed by atoms with Crippen molar-refractivity contribution in [3.8, 4) is 0 Å². The van der Waals surface area contributed by atoms with Gasteiger partial charge in [0.15, 0.2) is 0 Å². The number of hydrogen-bond acceptors (Lipinski definition) is 4. The van der Waals surface area contributed by atoms with Crippen molar-refractivity contribution in [3.63, 3.8) is 0 Å². The summed E-state index contributed by atoms with van der Waals surface area (Å²) in [6.45, 7) is 2.39. The molecule has 5 heteroatoms. The van der Waals surface area contributed by atoms with E-state index in [1.165, 1.54) is 11.3 Å². The second-order valence-electron chi connectivity index (χ2n) is 4.10. The lowest BCUT2D eigenvalue weighted by Gasteiger charge is -2.17. The van der Waals surface area contributed by atoms with Gasteiger partial charge < -0.3 is 10.6 Å². The third-order valence-corrected chi connectivity index (χ3v) is 3.54. The van der Waals surface area contributed by atoms with Crippen LogP contribution in [-0.2, 0) is 6.54 Å². The van der Waals surface area contributed by atoms with Gasteiger partial charge in [-0.05, 0) is 18.6 Å². The highest BCUT2D eigenvalue weighted by atomic mass is 32.1. The molecule has 0 unspecified atom stereocenters. The number of thiazole rings is 1. The number of carbonyl (C=O) groups excluding carboxylic acids is 1. The first-order valence-electron chi connectivity index (χ1n) is 5.59. The van der Waals surface area contributed by atoms with Gasteiger partial charge in [-0.25, -0.2) is 4.98 Å². The predicted molar refractivity (Wildman–Crippen MR) is 73.5 cm³/mol. The summed E-state index contributed by atoms with van der Waals surface area (Å²) in [6, 6.07) is 7.57. The van der Waals surface area contributed by atoms with Crippen LogP contribution in [0.15, 0.2) is 30.5 Å². The van der Waals surface area contributed by atoms with Gasteiger partial charge in [-0.1, -0.05) is 18.2 Å². The fraction of sp³-hybridized carbons (Fsp3) is 0.231. The van der Waals surface area contributed by atoms with Crippen LogP contribution in [0.5, 0.6) is 0 Å². The fourth-order valence-electron chi connectivity index (χ4n) is 1.65. The van der Waals surface area contributed by atoms with Crippen molar-refractivity contribution in [2.24, 2.45) is 0 Å². The van der Waals surface area contributed by atoms with Crippen molar-refractivity contribution in [1.82, 2.24) is 9.88 Å². The van der Waals surface area contributed by atoms with Gasteiger partial charge in [-0.3, -0.25) is 4.79 Å². The van der Waals surface area contributed by atoms with E-state index in [1.54, 1.807) is 18.1 Å². The molecule has 2 aromatic rings. The molecule has 0 atom stereocenters. The Bertz CT molecular complexity index is 565. The maximum atomic E-state index is 12.1. The van der Waals surface area contributed by atoms with Crippen LogP contribution < -0.4 is 5.73 Å². The molecule has 1 heterocycles. The van der Waals surface area contributed by atoms with Gasteiger partial charge in [-0.2, -0.15) is 0 Å². The molecular weight excluding hydrogens is 246 g/mol. The number of amides is 1.